The van der Waals surface area contributed by atoms with Crippen LogP contribution in [0.15, 0.2) is 24.4 Å². The maximum Gasteiger partial charge on any atom is 0.305 e. The van der Waals surface area contributed by atoms with E-state index in [9.17, 15) is 9.59 Å². The van der Waals surface area contributed by atoms with Crippen molar-refractivity contribution in [3.63, 3.8) is 0 Å². The minimum atomic E-state index is -0.918. The van der Waals surface area contributed by atoms with Crippen LogP contribution in [0, 0.1) is 0 Å². The highest BCUT2D eigenvalue weighted by Gasteiger charge is 2.31. The van der Waals surface area contributed by atoms with Crippen LogP contribution >= 0.6 is 0 Å². The van der Waals surface area contributed by atoms with E-state index >= 15 is 0 Å². The molecule has 0 saturated heterocycles. The molecular weight excluding hydrogens is 270 g/mol. The number of hydrogen-bond donors (Lipinski definition) is 3. The first-order chi connectivity index (χ1) is 10.0. The first kappa shape index (κ1) is 15.0. The van der Waals surface area contributed by atoms with E-state index in [-0.39, 0.29) is 12.3 Å². The molecule has 0 fully saturated rings. The summed E-state index contributed by atoms with van der Waals surface area (Å²) >= 11 is 0. The molecule has 1 aromatic heterocycles. The van der Waals surface area contributed by atoms with Gasteiger partial charge in [0.1, 0.15) is 0 Å². The average Bonchev–Trinajstić information content (AvgIpc) is 2.94. The van der Waals surface area contributed by atoms with E-state index in [1.807, 2.05) is 19.9 Å². The Morgan fingerprint density at radius 1 is 1.33 bits per heavy atom. The number of aliphatic carboxylic acids is 1. The normalized spacial score (nSPS) is 11.5. The summed E-state index contributed by atoms with van der Waals surface area (Å²) in [4.78, 5) is 23.6. The molecule has 0 unspecified atom stereocenters. The number of nitrogens with one attached hydrogen (secondary N) is 2. The number of rotatable bonds is 6. The molecule has 0 atom stereocenters. The molecule has 1 aromatic carbocycles. The molecule has 2 rings (SSSR count). The van der Waals surface area contributed by atoms with Gasteiger partial charge in [0.15, 0.2) is 0 Å². The van der Waals surface area contributed by atoms with Crippen molar-refractivity contribution in [3.8, 4) is 0 Å². The number of aromatic nitrogens is 2. The second-order valence-electron chi connectivity index (χ2n) is 5.15. The molecule has 21 heavy (non-hydrogen) atoms. The van der Waals surface area contributed by atoms with E-state index in [1.54, 1.807) is 18.3 Å². The van der Waals surface area contributed by atoms with Crippen molar-refractivity contribution in [2.24, 2.45) is 0 Å². The van der Waals surface area contributed by atoms with Gasteiger partial charge in [0, 0.05) is 5.39 Å². The predicted octanol–water partition coefficient (Wildman–Crippen LogP) is 2.33. The van der Waals surface area contributed by atoms with Gasteiger partial charge >= 0.3 is 5.97 Å². The molecule has 6 heteroatoms. The molecule has 0 spiro atoms. The van der Waals surface area contributed by atoms with Crippen molar-refractivity contribution in [2.75, 3.05) is 0 Å². The number of H-pyrrole nitrogens is 1. The number of carbonyl (C=O) groups is 2. The van der Waals surface area contributed by atoms with Crippen LogP contribution in [0.4, 0.5) is 0 Å². The molecule has 0 aliphatic heterocycles. The molecular formula is C15H19N3O3. The maximum atomic E-state index is 12.5. The largest absolute Gasteiger partial charge is 0.481 e. The van der Waals surface area contributed by atoms with Gasteiger partial charge in [-0.1, -0.05) is 26.0 Å². The average molecular weight is 289 g/mol. The third kappa shape index (κ3) is 3.04. The van der Waals surface area contributed by atoms with Gasteiger partial charge in [-0.2, -0.15) is 5.10 Å². The fourth-order valence-corrected chi connectivity index (χ4v) is 2.48. The Morgan fingerprint density at radius 3 is 2.67 bits per heavy atom. The molecule has 0 bridgehead atoms. The van der Waals surface area contributed by atoms with Crippen LogP contribution in [0.1, 0.15) is 43.5 Å². The van der Waals surface area contributed by atoms with Gasteiger partial charge < -0.3 is 10.4 Å². The first-order valence-electron chi connectivity index (χ1n) is 6.97. The van der Waals surface area contributed by atoms with Crippen molar-refractivity contribution in [3.05, 3.63) is 30.0 Å². The van der Waals surface area contributed by atoms with E-state index in [4.69, 9.17) is 5.11 Å². The zero-order valence-corrected chi connectivity index (χ0v) is 12.1. The lowest BCUT2D eigenvalue weighted by Crippen LogP contribution is -2.49. The monoisotopic (exact) mass is 289 g/mol. The van der Waals surface area contributed by atoms with Crippen molar-refractivity contribution in [2.45, 2.75) is 38.6 Å². The van der Waals surface area contributed by atoms with E-state index in [0.29, 0.717) is 23.9 Å². The minimum Gasteiger partial charge on any atom is -0.481 e. The van der Waals surface area contributed by atoms with Gasteiger partial charge in [-0.3, -0.25) is 14.7 Å². The fraction of sp³-hybridized carbons (Fsp3) is 0.400. The fourth-order valence-electron chi connectivity index (χ4n) is 2.48. The van der Waals surface area contributed by atoms with Crippen LogP contribution in [0.25, 0.3) is 10.9 Å². The Bertz CT molecular complexity index is 659. The van der Waals surface area contributed by atoms with Crippen LogP contribution in [-0.2, 0) is 4.79 Å². The van der Waals surface area contributed by atoms with Gasteiger partial charge in [0.05, 0.1) is 29.2 Å². The lowest BCUT2D eigenvalue weighted by molar-refractivity contribution is -0.138. The number of benzene rings is 1. The summed E-state index contributed by atoms with van der Waals surface area (Å²) in [5.41, 5.74) is 0.401. The van der Waals surface area contributed by atoms with Crippen LogP contribution in [0.2, 0.25) is 0 Å². The summed E-state index contributed by atoms with van der Waals surface area (Å²) in [7, 11) is 0. The number of fused-ring (bicyclic) bond motifs is 1. The van der Waals surface area contributed by atoms with Crippen LogP contribution < -0.4 is 5.32 Å². The standard InChI is InChI=1S/C15H19N3O3/c1-3-15(4-2,8-12(19)20)17-14(21)11-7-5-6-10-9-16-18-13(10)11/h5-7,9H,3-4,8H2,1-2H3,(H,16,18)(H,17,21)(H,19,20). The van der Waals surface area contributed by atoms with Gasteiger partial charge in [-0.25, -0.2) is 0 Å². The Labute approximate surface area is 122 Å². The number of amides is 1. The molecule has 0 aliphatic carbocycles. The van der Waals surface area contributed by atoms with E-state index in [1.165, 1.54) is 0 Å². The van der Waals surface area contributed by atoms with Crippen molar-refractivity contribution in [1.29, 1.82) is 0 Å². The Morgan fingerprint density at radius 2 is 2.05 bits per heavy atom. The molecule has 1 heterocycles. The smallest absolute Gasteiger partial charge is 0.305 e. The molecule has 3 N–H and O–H groups in total. The van der Waals surface area contributed by atoms with Gasteiger partial charge in [0.25, 0.3) is 5.91 Å². The number of carboxylic acid groups (broad SMARTS) is 1. The zero-order valence-electron chi connectivity index (χ0n) is 12.1. The third-order valence-corrected chi connectivity index (χ3v) is 3.94. The highest BCUT2D eigenvalue weighted by atomic mass is 16.4. The summed E-state index contributed by atoms with van der Waals surface area (Å²) in [5, 5.41) is 19.5. The highest BCUT2D eigenvalue weighted by Crippen LogP contribution is 2.22. The first-order valence-corrected chi connectivity index (χ1v) is 6.97. The van der Waals surface area contributed by atoms with E-state index in [0.717, 1.165) is 5.39 Å². The summed E-state index contributed by atoms with van der Waals surface area (Å²) in [6.07, 6.45) is 2.67. The number of hydrogen-bond acceptors (Lipinski definition) is 3. The minimum absolute atomic E-state index is 0.0926. The van der Waals surface area contributed by atoms with Crippen LogP contribution in [0.3, 0.4) is 0 Å². The van der Waals surface area contributed by atoms with E-state index in [2.05, 4.69) is 15.5 Å². The number of para-hydroxylation sites is 1. The van der Waals surface area contributed by atoms with Crippen molar-refractivity contribution < 1.29 is 14.7 Å². The predicted molar refractivity (Wildman–Crippen MR) is 79.1 cm³/mol. The van der Waals surface area contributed by atoms with Gasteiger partial charge in [-0.15, -0.1) is 0 Å². The molecule has 0 aliphatic rings. The van der Waals surface area contributed by atoms with Crippen LogP contribution in [0.5, 0.6) is 0 Å². The molecule has 1 amide bonds. The number of nitrogens with zero attached hydrogens (tertiary/aromatic N) is 1. The zero-order chi connectivity index (χ0) is 15.5. The SMILES string of the molecule is CCC(CC)(CC(=O)O)NC(=O)c1cccc2cn[nH]c12. The lowest BCUT2D eigenvalue weighted by atomic mass is 9.88. The van der Waals surface area contributed by atoms with Crippen molar-refractivity contribution in [1.82, 2.24) is 15.5 Å². The van der Waals surface area contributed by atoms with Gasteiger partial charge in [-0.05, 0) is 18.9 Å². The Kier molecular flexibility index (Phi) is 4.26. The molecule has 0 saturated carbocycles. The second-order valence-corrected chi connectivity index (χ2v) is 5.15. The highest BCUT2D eigenvalue weighted by molar-refractivity contribution is 6.05. The second kappa shape index (κ2) is 5.95. The van der Waals surface area contributed by atoms with E-state index < -0.39 is 11.5 Å². The summed E-state index contributed by atoms with van der Waals surface area (Å²) < 4.78 is 0. The lowest BCUT2D eigenvalue weighted by Gasteiger charge is -2.31. The molecule has 6 nitrogen and oxygen atoms in total. The topological polar surface area (TPSA) is 95.1 Å². The molecule has 0 radical (unpaired) electrons. The Hall–Kier alpha value is -2.37. The summed E-state index contributed by atoms with van der Waals surface area (Å²) in [6, 6.07) is 5.34. The number of carboxylic acids is 1. The number of carbonyl (C=O) groups excluding carboxylic acids is 1. The number of aromatic amines is 1. The third-order valence-electron chi connectivity index (χ3n) is 3.94. The van der Waals surface area contributed by atoms with Crippen LogP contribution in [-0.4, -0.2) is 32.7 Å². The molecule has 112 valence electrons. The van der Waals surface area contributed by atoms with Crippen molar-refractivity contribution >= 4 is 22.8 Å². The quantitative estimate of drug-likeness (QED) is 0.760. The summed E-state index contributed by atoms with van der Waals surface area (Å²) in [6.45, 7) is 3.76. The Balaban J connectivity index is 2.31. The molecule has 2 aromatic rings. The van der Waals surface area contributed by atoms with Gasteiger partial charge in [0.2, 0.25) is 0 Å². The maximum absolute atomic E-state index is 12.5. The summed E-state index contributed by atoms with van der Waals surface area (Å²) in [5.74, 6) is -1.20.